The second-order valence-electron chi connectivity index (χ2n) is 4.93. The summed E-state index contributed by atoms with van der Waals surface area (Å²) in [5, 5.41) is 2.83. The van der Waals surface area contributed by atoms with Gasteiger partial charge in [-0.15, -0.1) is 0 Å². The molecular formula is C17H22N4O. The SMILES string of the molecule is CCN(c1ccccc1)c1ccc(NC(=O)CCCN)cn1. The minimum absolute atomic E-state index is 0.0320. The molecule has 5 nitrogen and oxygen atoms in total. The van der Waals surface area contributed by atoms with Gasteiger partial charge in [0.2, 0.25) is 5.91 Å². The second kappa shape index (κ2) is 8.14. The first kappa shape index (κ1) is 16.0. The van der Waals surface area contributed by atoms with Crippen LogP contribution in [-0.4, -0.2) is 24.0 Å². The van der Waals surface area contributed by atoms with E-state index in [1.807, 2.05) is 42.5 Å². The Balaban J connectivity index is 2.06. The molecule has 1 heterocycles. The maximum absolute atomic E-state index is 11.7. The van der Waals surface area contributed by atoms with Gasteiger partial charge in [0.1, 0.15) is 5.82 Å². The largest absolute Gasteiger partial charge is 0.330 e. The number of hydrogen-bond acceptors (Lipinski definition) is 4. The number of anilines is 3. The summed E-state index contributed by atoms with van der Waals surface area (Å²) in [5.41, 5.74) is 7.19. The standard InChI is InChI=1S/C17H22N4O/c1-2-21(15-7-4-3-5-8-15)16-11-10-14(13-19-16)20-17(22)9-6-12-18/h3-5,7-8,10-11,13H,2,6,9,12,18H2,1H3,(H,20,22). The third-order valence-corrected chi connectivity index (χ3v) is 3.30. The molecule has 1 amide bonds. The van der Waals surface area contributed by atoms with Crippen LogP contribution in [0, 0.1) is 0 Å². The number of benzene rings is 1. The molecule has 0 radical (unpaired) electrons. The van der Waals surface area contributed by atoms with Crippen molar-refractivity contribution in [2.45, 2.75) is 19.8 Å². The van der Waals surface area contributed by atoms with E-state index < -0.39 is 0 Å². The first-order chi connectivity index (χ1) is 10.7. The number of rotatable bonds is 7. The number of hydrogen-bond donors (Lipinski definition) is 2. The van der Waals surface area contributed by atoms with Gasteiger partial charge in [0, 0.05) is 18.7 Å². The topological polar surface area (TPSA) is 71.2 Å². The van der Waals surface area contributed by atoms with Crippen molar-refractivity contribution in [3.05, 3.63) is 48.7 Å². The van der Waals surface area contributed by atoms with E-state index in [9.17, 15) is 4.79 Å². The highest BCUT2D eigenvalue weighted by molar-refractivity contribution is 5.90. The monoisotopic (exact) mass is 298 g/mol. The third kappa shape index (κ3) is 4.30. The third-order valence-electron chi connectivity index (χ3n) is 3.30. The number of nitrogens with one attached hydrogen (secondary N) is 1. The normalized spacial score (nSPS) is 10.3. The predicted octanol–water partition coefficient (Wildman–Crippen LogP) is 2.92. The molecular weight excluding hydrogens is 276 g/mol. The van der Waals surface area contributed by atoms with Crippen LogP contribution < -0.4 is 16.0 Å². The maximum atomic E-state index is 11.7. The average molecular weight is 298 g/mol. The molecule has 0 atom stereocenters. The summed E-state index contributed by atoms with van der Waals surface area (Å²) in [7, 11) is 0. The van der Waals surface area contributed by atoms with E-state index in [0.29, 0.717) is 25.1 Å². The highest BCUT2D eigenvalue weighted by Gasteiger charge is 2.08. The van der Waals surface area contributed by atoms with Crippen molar-refractivity contribution in [3.8, 4) is 0 Å². The van der Waals surface area contributed by atoms with Gasteiger partial charge in [0.15, 0.2) is 0 Å². The lowest BCUT2D eigenvalue weighted by atomic mass is 10.2. The van der Waals surface area contributed by atoms with E-state index >= 15 is 0 Å². The highest BCUT2D eigenvalue weighted by Crippen LogP contribution is 2.23. The summed E-state index contributed by atoms with van der Waals surface area (Å²) < 4.78 is 0. The first-order valence-electron chi connectivity index (χ1n) is 7.53. The zero-order valence-corrected chi connectivity index (χ0v) is 12.8. The number of carbonyl (C=O) groups excluding carboxylic acids is 1. The fraction of sp³-hybridized carbons (Fsp3) is 0.294. The summed E-state index contributed by atoms with van der Waals surface area (Å²) in [4.78, 5) is 18.2. The predicted molar refractivity (Wildman–Crippen MR) is 90.3 cm³/mol. The molecule has 116 valence electrons. The van der Waals surface area contributed by atoms with Crippen molar-refractivity contribution in [3.63, 3.8) is 0 Å². The van der Waals surface area contributed by atoms with E-state index in [4.69, 9.17) is 5.73 Å². The lowest BCUT2D eigenvalue weighted by molar-refractivity contribution is -0.116. The van der Waals surface area contributed by atoms with Gasteiger partial charge >= 0.3 is 0 Å². The Kier molecular flexibility index (Phi) is 5.91. The smallest absolute Gasteiger partial charge is 0.224 e. The van der Waals surface area contributed by atoms with Crippen LogP contribution in [0.15, 0.2) is 48.7 Å². The molecule has 2 aromatic rings. The Bertz CT molecular complexity index is 583. The quantitative estimate of drug-likeness (QED) is 0.824. The summed E-state index contributed by atoms with van der Waals surface area (Å²) in [6, 6.07) is 13.9. The Morgan fingerprint density at radius 2 is 2.00 bits per heavy atom. The van der Waals surface area contributed by atoms with Crippen LogP contribution in [0.2, 0.25) is 0 Å². The fourth-order valence-electron chi connectivity index (χ4n) is 2.19. The molecule has 3 N–H and O–H groups in total. The molecule has 5 heteroatoms. The molecule has 2 rings (SSSR count). The molecule has 0 saturated heterocycles. The fourth-order valence-corrected chi connectivity index (χ4v) is 2.19. The number of amides is 1. The highest BCUT2D eigenvalue weighted by atomic mass is 16.1. The van der Waals surface area contributed by atoms with Gasteiger partial charge in [-0.05, 0) is 44.2 Å². The van der Waals surface area contributed by atoms with Crippen LogP contribution in [0.1, 0.15) is 19.8 Å². The van der Waals surface area contributed by atoms with E-state index in [0.717, 1.165) is 18.1 Å². The molecule has 0 spiro atoms. The number of nitrogens with zero attached hydrogens (tertiary/aromatic N) is 2. The Hall–Kier alpha value is -2.40. The second-order valence-corrected chi connectivity index (χ2v) is 4.93. The average Bonchev–Trinajstić information content (AvgIpc) is 2.56. The van der Waals surface area contributed by atoms with Gasteiger partial charge in [0.05, 0.1) is 11.9 Å². The van der Waals surface area contributed by atoms with Crippen molar-refractivity contribution < 1.29 is 4.79 Å². The van der Waals surface area contributed by atoms with Gasteiger partial charge in [-0.25, -0.2) is 4.98 Å². The van der Waals surface area contributed by atoms with E-state index in [-0.39, 0.29) is 5.91 Å². The van der Waals surface area contributed by atoms with Crippen molar-refractivity contribution in [2.24, 2.45) is 5.73 Å². The zero-order valence-electron chi connectivity index (χ0n) is 12.8. The van der Waals surface area contributed by atoms with Crippen LogP contribution in [-0.2, 0) is 4.79 Å². The Morgan fingerprint density at radius 3 is 2.59 bits per heavy atom. The van der Waals surface area contributed by atoms with Crippen LogP contribution in [0.3, 0.4) is 0 Å². The van der Waals surface area contributed by atoms with Gasteiger partial charge in [-0.1, -0.05) is 18.2 Å². The van der Waals surface area contributed by atoms with Crippen LogP contribution in [0.5, 0.6) is 0 Å². The van der Waals surface area contributed by atoms with E-state index in [2.05, 4.69) is 22.1 Å². The minimum Gasteiger partial charge on any atom is -0.330 e. The summed E-state index contributed by atoms with van der Waals surface area (Å²) in [6.45, 7) is 3.42. The molecule has 0 fully saturated rings. The summed E-state index contributed by atoms with van der Waals surface area (Å²) in [5.74, 6) is 0.823. The van der Waals surface area contributed by atoms with Gasteiger partial charge in [-0.3, -0.25) is 4.79 Å². The van der Waals surface area contributed by atoms with E-state index in [1.54, 1.807) is 6.20 Å². The number of pyridine rings is 1. The molecule has 22 heavy (non-hydrogen) atoms. The van der Waals surface area contributed by atoms with Crippen LogP contribution in [0.25, 0.3) is 0 Å². The lowest BCUT2D eigenvalue weighted by Crippen LogP contribution is -2.17. The van der Waals surface area contributed by atoms with Crippen molar-refractivity contribution in [1.82, 2.24) is 4.98 Å². The Labute approximate surface area is 131 Å². The van der Waals surface area contributed by atoms with Crippen molar-refractivity contribution >= 4 is 23.1 Å². The zero-order chi connectivity index (χ0) is 15.8. The van der Waals surface area contributed by atoms with Crippen LogP contribution in [0.4, 0.5) is 17.2 Å². The van der Waals surface area contributed by atoms with Gasteiger partial charge in [-0.2, -0.15) is 0 Å². The summed E-state index contributed by atoms with van der Waals surface area (Å²) in [6.07, 6.45) is 2.81. The summed E-state index contributed by atoms with van der Waals surface area (Å²) >= 11 is 0. The first-order valence-corrected chi connectivity index (χ1v) is 7.53. The number of carbonyl (C=O) groups is 1. The molecule has 1 aromatic carbocycles. The van der Waals surface area contributed by atoms with Gasteiger partial charge in [0.25, 0.3) is 0 Å². The van der Waals surface area contributed by atoms with E-state index in [1.165, 1.54) is 0 Å². The molecule has 0 aliphatic rings. The number of nitrogens with two attached hydrogens (primary N) is 1. The molecule has 0 saturated carbocycles. The maximum Gasteiger partial charge on any atom is 0.224 e. The Morgan fingerprint density at radius 1 is 1.23 bits per heavy atom. The molecule has 1 aromatic heterocycles. The number of aromatic nitrogens is 1. The molecule has 0 aliphatic carbocycles. The molecule has 0 bridgehead atoms. The van der Waals surface area contributed by atoms with Gasteiger partial charge < -0.3 is 16.0 Å². The molecule has 0 unspecified atom stereocenters. The number of para-hydroxylation sites is 1. The van der Waals surface area contributed by atoms with Crippen molar-refractivity contribution in [1.29, 1.82) is 0 Å². The van der Waals surface area contributed by atoms with Crippen LogP contribution >= 0.6 is 0 Å². The van der Waals surface area contributed by atoms with Crippen molar-refractivity contribution in [2.75, 3.05) is 23.3 Å². The minimum atomic E-state index is -0.0320. The lowest BCUT2D eigenvalue weighted by Gasteiger charge is -2.22. The molecule has 0 aliphatic heterocycles.